The van der Waals surface area contributed by atoms with Gasteiger partial charge >= 0.3 is 0 Å². The number of rotatable bonds is 2. The van der Waals surface area contributed by atoms with E-state index in [2.05, 4.69) is 0 Å². The van der Waals surface area contributed by atoms with Gasteiger partial charge in [-0.05, 0) is 37.1 Å². The molecule has 1 aromatic carbocycles. The molecule has 6 nitrogen and oxygen atoms in total. The zero-order chi connectivity index (χ0) is 12.3. The summed E-state index contributed by atoms with van der Waals surface area (Å²) in [5.74, 6) is 9.32. The minimum absolute atomic E-state index is 0.389. The highest BCUT2D eigenvalue weighted by atomic mass is 16.2. The summed E-state index contributed by atoms with van der Waals surface area (Å²) >= 11 is 0. The zero-order valence-corrected chi connectivity index (χ0v) is 9.13. The van der Waals surface area contributed by atoms with Crippen molar-refractivity contribution in [2.45, 2.75) is 13.8 Å². The van der Waals surface area contributed by atoms with E-state index in [1.165, 1.54) is 12.1 Å². The van der Waals surface area contributed by atoms with Gasteiger partial charge in [0.15, 0.2) is 0 Å². The number of hydrazine groups is 2. The Morgan fingerprint density at radius 3 is 1.50 bits per heavy atom. The Labute approximate surface area is 92.9 Å². The van der Waals surface area contributed by atoms with Crippen molar-refractivity contribution in [3.8, 4) is 0 Å². The molecule has 0 aliphatic carbocycles. The van der Waals surface area contributed by atoms with Crippen LogP contribution in [0.5, 0.6) is 0 Å². The largest absolute Gasteiger partial charge is 0.290 e. The topological polar surface area (TPSA) is 110 Å². The number of carbonyl (C=O) groups excluding carboxylic acids is 2. The van der Waals surface area contributed by atoms with E-state index >= 15 is 0 Å². The molecule has 6 N–H and O–H groups in total. The second-order valence-corrected chi connectivity index (χ2v) is 3.36. The van der Waals surface area contributed by atoms with Gasteiger partial charge in [-0.2, -0.15) is 0 Å². The van der Waals surface area contributed by atoms with Crippen LogP contribution in [0.3, 0.4) is 0 Å². The average molecular weight is 222 g/mol. The number of nitrogens with one attached hydrogen (secondary N) is 2. The molecule has 0 radical (unpaired) electrons. The normalized spacial score (nSPS) is 9.75. The van der Waals surface area contributed by atoms with Crippen LogP contribution in [-0.2, 0) is 0 Å². The Morgan fingerprint density at radius 2 is 1.25 bits per heavy atom. The summed E-state index contributed by atoms with van der Waals surface area (Å²) in [6.07, 6.45) is 0. The summed E-state index contributed by atoms with van der Waals surface area (Å²) in [4.78, 5) is 22.8. The van der Waals surface area contributed by atoms with Gasteiger partial charge in [-0.1, -0.05) is 0 Å². The first-order valence-electron chi connectivity index (χ1n) is 4.65. The standard InChI is InChI=1S/C10H14N4O2/c1-5-6(2)8(10(16)14-12)4-3-7(5)9(15)13-11/h3-4H,11-12H2,1-2H3,(H,13,15)(H,14,16). The molecule has 0 atom stereocenters. The maximum Gasteiger partial charge on any atom is 0.265 e. The maximum absolute atomic E-state index is 11.4. The fraction of sp³-hybridized carbons (Fsp3) is 0.200. The summed E-state index contributed by atoms with van der Waals surface area (Å²) < 4.78 is 0. The SMILES string of the molecule is Cc1c(C(=O)NN)ccc(C(=O)NN)c1C. The lowest BCUT2D eigenvalue weighted by Crippen LogP contribution is -2.32. The predicted molar refractivity (Wildman–Crippen MR) is 59.2 cm³/mol. The van der Waals surface area contributed by atoms with Gasteiger partial charge < -0.3 is 0 Å². The van der Waals surface area contributed by atoms with E-state index in [0.29, 0.717) is 22.3 Å². The molecule has 16 heavy (non-hydrogen) atoms. The molecule has 0 aliphatic heterocycles. The smallest absolute Gasteiger partial charge is 0.265 e. The lowest BCUT2D eigenvalue weighted by Gasteiger charge is -2.11. The highest BCUT2D eigenvalue weighted by Gasteiger charge is 2.15. The fourth-order valence-electron chi connectivity index (χ4n) is 1.47. The number of nitrogen functional groups attached to an aromatic ring is 2. The molecule has 0 spiro atoms. The Balaban J connectivity index is 3.28. The third-order valence-electron chi connectivity index (χ3n) is 2.54. The van der Waals surface area contributed by atoms with Crippen LogP contribution in [0.1, 0.15) is 31.8 Å². The van der Waals surface area contributed by atoms with Gasteiger partial charge in [0.1, 0.15) is 0 Å². The Hall–Kier alpha value is -1.92. The lowest BCUT2D eigenvalue weighted by molar-refractivity contribution is 0.0941. The molecule has 0 unspecified atom stereocenters. The van der Waals surface area contributed by atoms with E-state index in [9.17, 15) is 9.59 Å². The number of benzene rings is 1. The third kappa shape index (κ3) is 2.02. The zero-order valence-electron chi connectivity index (χ0n) is 9.13. The molecular weight excluding hydrogens is 208 g/mol. The summed E-state index contributed by atoms with van der Waals surface area (Å²) in [5, 5.41) is 0. The van der Waals surface area contributed by atoms with E-state index < -0.39 is 0 Å². The molecule has 1 rings (SSSR count). The van der Waals surface area contributed by atoms with Crippen molar-refractivity contribution in [1.82, 2.24) is 10.9 Å². The van der Waals surface area contributed by atoms with Gasteiger partial charge in [0.2, 0.25) is 0 Å². The highest BCUT2D eigenvalue weighted by molar-refractivity contribution is 6.00. The number of carbonyl (C=O) groups is 2. The summed E-state index contributed by atoms with van der Waals surface area (Å²) in [5.41, 5.74) is 6.37. The van der Waals surface area contributed by atoms with Crippen LogP contribution < -0.4 is 22.5 Å². The summed E-state index contributed by atoms with van der Waals surface area (Å²) in [7, 11) is 0. The van der Waals surface area contributed by atoms with Gasteiger partial charge in [0, 0.05) is 11.1 Å². The monoisotopic (exact) mass is 222 g/mol. The van der Waals surface area contributed by atoms with Crippen LogP contribution in [0.2, 0.25) is 0 Å². The lowest BCUT2D eigenvalue weighted by atomic mass is 9.97. The van der Waals surface area contributed by atoms with Crippen LogP contribution in [0.15, 0.2) is 12.1 Å². The van der Waals surface area contributed by atoms with E-state index in [4.69, 9.17) is 11.7 Å². The van der Waals surface area contributed by atoms with Gasteiger partial charge in [0.05, 0.1) is 0 Å². The Bertz CT molecular complexity index is 402. The number of amides is 2. The molecule has 0 saturated carbocycles. The van der Waals surface area contributed by atoms with Crippen molar-refractivity contribution >= 4 is 11.8 Å². The van der Waals surface area contributed by atoms with Crippen molar-refractivity contribution in [2.75, 3.05) is 0 Å². The molecule has 2 amide bonds. The van der Waals surface area contributed by atoms with Gasteiger partial charge in [-0.15, -0.1) is 0 Å². The molecular formula is C10H14N4O2. The minimum atomic E-state index is -0.389. The average Bonchev–Trinajstić information content (AvgIpc) is 2.30. The quantitative estimate of drug-likeness (QED) is 0.307. The van der Waals surface area contributed by atoms with E-state index in [0.717, 1.165) is 0 Å². The van der Waals surface area contributed by atoms with Crippen LogP contribution in [0, 0.1) is 13.8 Å². The Morgan fingerprint density at radius 1 is 0.938 bits per heavy atom. The first kappa shape index (κ1) is 12.2. The molecule has 0 saturated heterocycles. The van der Waals surface area contributed by atoms with Crippen molar-refractivity contribution in [3.05, 3.63) is 34.4 Å². The second kappa shape index (κ2) is 4.73. The van der Waals surface area contributed by atoms with Crippen molar-refractivity contribution in [2.24, 2.45) is 11.7 Å². The highest BCUT2D eigenvalue weighted by Crippen LogP contribution is 2.17. The summed E-state index contributed by atoms with van der Waals surface area (Å²) in [6.45, 7) is 3.49. The predicted octanol–water partition coefficient (Wildman–Crippen LogP) is -0.490. The molecule has 1 aromatic rings. The van der Waals surface area contributed by atoms with E-state index in [-0.39, 0.29) is 11.8 Å². The van der Waals surface area contributed by atoms with Gasteiger partial charge in [0.25, 0.3) is 11.8 Å². The van der Waals surface area contributed by atoms with Crippen molar-refractivity contribution in [1.29, 1.82) is 0 Å². The Kier molecular flexibility index (Phi) is 3.60. The van der Waals surface area contributed by atoms with Crippen LogP contribution in [0.4, 0.5) is 0 Å². The van der Waals surface area contributed by atoms with Crippen molar-refractivity contribution in [3.63, 3.8) is 0 Å². The van der Waals surface area contributed by atoms with Crippen molar-refractivity contribution < 1.29 is 9.59 Å². The number of hydrogen-bond donors (Lipinski definition) is 4. The third-order valence-corrected chi connectivity index (χ3v) is 2.54. The molecule has 0 fully saturated rings. The van der Waals surface area contributed by atoms with E-state index in [1.54, 1.807) is 13.8 Å². The van der Waals surface area contributed by atoms with E-state index in [1.807, 2.05) is 10.9 Å². The van der Waals surface area contributed by atoms with Gasteiger partial charge in [-0.25, -0.2) is 11.7 Å². The second-order valence-electron chi connectivity index (χ2n) is 3.36. The first-order chi connectivity index (χ1) is 7.52. The molecule has 0 aliphatic rings. The van der Waals surface area contributed by atoms with Crippen LogP contribution in [-0.4, -0.2) is 11.8 Å². The fourth-order valence-corrected chi connectivity index (χ4v) is 1.47. The number of nitrogens with two attached hydrogens (primary N) is 2. The van der Waals surface area contributed by atoms with Crippen LogP contribution in [0.25, 0.3) is 0 Å². The number of hydrogen-bond acceptors (Lipinski definition) is 4. The molecule has 0 aromatic heterocycles. The van der Waals surface area contributed by atoms with Crippen LogP contribution >= 0.6 is 0 Å². The molecule has 0 bridgehead atoms. The molecule has 0 heterocycles. The maximum atomic E-state index is 11.4. The first-order valence-corrected chi connectivity index (χ1v) is 4.65. The van der Waals surface area contributed by atoms with Gasteiger partial charge in [-0.3, -0.25) is 20.4 Å². The minimum Gasteiger partial charge on any atom is -0.290 e. The summed E-state index contributed by atoms with van der Waals surface area (Å²) in [6, 6.07) is 3.07. The molecule has 6 heteroatoms. The molecule has 86 valence electrons.